The van der Waals surface area contributed by atoms with Crippen LogP contribution in [0, 0.1) is 0 Å². The number of hydrogen-bond acceptors (Lipinski definition) is 4. The van der Waals surface area contributed by atoms with Crippen molar-refractivity contribution < 1.29 is 21.6 Å². The lowest BCUT2D eigenvalue weighted by molar-refractivity contribution is -0.140. The first-order valence-electron chi connectivity index (χ1n) is 7.14. The Morgan fingerprint density at radius 1 is 1.04 bits per heavy atom. The Hall–Kier alpha value is -2.68. The molecule has 3 rings (SSSR count). The van der Waals surface area contributed by atoms with Gasteiger partial charge in [0.15, 0.2) is 11.5 Å². The van der Waals surface area contributed by atoms with Crippen LogP contribution in [-0.4, -0.2) is 23.0 Å². The van der Waals surface area contributed by atoms with Gasteiger partial charge >= 0.3 is 6.18 Å². The Morgan fingerprint density at radius 2 is 1.76 bits per heavy atom. The first-order chi connectivity index (χ1) is 11.8. The van der Waals surface area contributed by atoms with E-state index >= 15 is 0 Å². The standard InChI is InChI=1S/C16H12F3N3O2S/c17-16(18,19)14-9-22(15(21-14)13-3-1-2-8-20-13)12-6-4-11(5-7-12)10-25(23)24/h1-9,25H,10H2. The molecule has 0 saturated heterocycles. The fraction of sp³-hybridized carbons (Fsp3) is 0.125. The zero-order valence-corrected chi connectivity index (χ0v) is 13.5. The van der Waals surface area contributed by atoms with E-state index in [-0.39, 0.29) is 11.6 Å². The molecule has 0 bridgehead atoms. The molecule has 0 atom stereocenters. The summed E-state index contributed by atoms with van der Waals surface area (Å²) in [4.78, 5) is 7.73. The molecular weight excluding hydrogens is 355 g/mol. The van der Waals surface area contributed by atoms with Crippen LogP contribution in [0.1, 0.15) is 11.3 Å². The third kappa shape index (κ3) is 3.87. The van der Waals surface area contributed by atoms with E-state index in [1.165, 1.54) is 10.8 Å². The molecular formula is C16H12F3N3O2S. The molecule has 0 spiro atoms. The number of nitrogens with zero attached hydrogens (tertiary/aromatic N) is 3. The van der Waals surface area contributed by atoms with E-state index in [2.05, 4.69) is 9.97 Å². The number of thiol groups is 1. The van der Waals surface area contributed by atoms with Crippen LogP contribution in [0.3, 0.4) is 0 Å². The van der Waals surface area contributed by atoms with Crippen LogP contribution in [0.2, 0.25) is 0 Å². The van der Waals surface area contributed by atoms with Gasteiger partial charge in [-0.1, -0.05) is 18.2 Å². The minimum Gasteiger partial charge on any atom is -0.298 e. The molecule has 0 amide bonds. The number of halogens is 3. The molecule has 0 saturated carbocycles. The van der Waals surface area contributed by atoms with Crippen molar-refractivity contribution in [3.63, 3.8) is 0 Å². The summed E-state index contributed by atoms with van der Waals surface area (Å²) >= 11 is 0. The number of benzene rings is 1. The van der Waals surface area contributed by atoms with Gasteiger partial charge in [-0.15, -0.1) is 0 Å². The van der Waals surface area contributed by atoms with Crippen molar-refractivity contribution in [1.29, 1.82) is 0 Å². The molecule has 0 unspecified atom stereocenters. The molecule has 130 valence electrons. The average Bonchev–Trinajstić information content (AvgIpc) is 3.01. The maximum atomic E-state index is 13.1. The van der Waals surface area contributed by atoms with Gasteiger partial charge in [0.05, 0.1) is 5.75 Å². The molecule has 0 aliphatic heterocycles. The highest BCUT2D eigenvalue weighted by atomic mass is 32.2. The summed E-state index contributed by atoms with van der Waals surface area (Å²) in [6.07, 6.45) is -2.22. The SMILES string of the molecule is O=[SH](=O)Cc1ccc(-n2cc(C(F)(F)F)nc2-c2ccccn2)cc1. The second kappa shape index (κ2) is 6.67. The Labute approximate surface area is 142 Å². The summed E-state index contributed by atoms with van der Waals surface area (Å²) in [6.45, 7) is 0. The summed E-state index contributed by atoms with van der Waals surface area (Å²) in [7, 11) is -2.57. The minimum absolute atomic E-state index is 0.0515. The van der Waals surface area contributed by atoms with Crippen molar-refractivity contribution in [2.75, 3.05) is 0 Å². The van der Waals surface area contributed by atoms with Gasteiger partial charge < -0.3 is 0 Å². The van der Waals surface area contributed by atoms with Gasteiger partial charge in [0.2, 0.25) is 0 Å². The van der Waals surface area contributed by atoms with Crippen molar-refractivity contribution in [2.45, 2.75) is 11.9 Å². The predicted molar refractivity (Wildman–Crippen MR) is 85.8 cm³/mol. The van der Waals surface area contributed by atoms with E-state index in [0.29, 0.717) is 16.9 Å². The number of rotatable bonds is 4. The van der Waals surface area contributed by atoms with E-state index in [0.717, 1.165) is 6.20 Å². The molecule has 0 aliphatic carbocycles. The number of aromatic nitrogens is 3. The second-order valence-electron chi connectivity index (χ2n) is 5.19. The van der Waals surface area contributed by atoms with Gasteiger partial charge in [0, 0.05) is 18.1 Å². The highest BCUT2D eigenvalue weighted by Gasteiger charge is 2.35. The van der Waals surface area contributed by atoms with Crippen molar-refractivity contribution in [3.8, 4) is 17.2 Å². The van der Waals surface area contributed by atoms with Crippen LogP contribution in [0.25, 0.3) is 17.2 Å². The van der Waals surface area contributed by atoms with Gasteiger partial charge in [0.25, 0.3) is 0 Å². The van der Waals surface area contributed by atoms with E-state index in [1.807, 2.05) is 0 Å². The van der Waals surface area contributed by atoms with E-state index in [9.17, 15) is 21.6 Å². The highest BCUT2D eigenvalue weighted by Crippen LogP contribution is 2.32. The zero-order valence-electron chi connectivity index (χ0n) is 12.6. The number of imidazole rings is 1. The Kier molecular flexibility index (Phi) is 4.58. The van der Waals surface area contributed by atoms with Gasteiger partial charge in [-0.05, 0) is 29.8 Å². The molecule has 0 N–H and O–H groups in total. The maximum Gasteiger partial charge on any atom is 0.434 e. The third-order valence-corrected chi connectivity index (χ3v) is 4.04. The van der Waals surface area contributed by atoms with Gasteiger partial charge in [0.1, 0.15) is 16.4 Å². The molecule has 3 aromatic rings. The number of pyridine rings is 1. The molecule has 2 heterocycles. The molecule has 1 aromatic carbocycles. The first kappa shape index (κ1) is 17.2. The maximum absolute atomic E-state index is 13.1. The largest absolute Gasteiger partial charge is 0.434 e. The average molecular weight is 367 g/mol. The number of alkyl halides is 3. The lowest BCUT2D eigenvalue weighted by Gasteiger charge is -2.08. The van der Waals surface area contributed by atoms with Crippen molar-refractivity contribution in [2.24, 2.45) is 0 Å². The fourth-order valence-corrected chi connectivity index (χ4v) is 2.81. The van der Waals surface area contributed by atoms with E-state index in [1.54, 1.807) is 42.5 Å². The topological polar surface area (TPSA) is 64.8 Å². The van der Waals surface area contributed by atoms with Crippen LogP contribution in [-0.2, 0) is 22.6 Å². The lowest BCUT2D eigenvalue weighted by Crippen LogP contribution is -2.05. The third-order valence-electron chi connectivity index (χ3n) is 3.42. The molecule has 0 aliphatic rings. The molecule has 0 fully saturated rings. The van der Waals surface area contributed by atoms with Crippen LogP contribution >= 0.6 is 0 Å². The number of hydrogen-bond donors (Lipinski definition) is 1. The molecule has 2 aromatic heterocycles. The summed E-state index contributed by atoms with van der Waals surface area (Å²) in [5.74, 6) is -0.0731. The molecule has 5 nitrogen and oxygen atoms in total. The van der Waals surface area contributed by atoms with Crippen LogP contribution < -0.4 is 0 Å². The lowest BCUT2D eigenvalue weighted by atomic mass is 10.2. The summed E-state index contributed by atoms with van der Waals surface area (Å²) in [6, 6.07) is 11.1. The Morgan fingerprint density at radius 3 is 2.32 bits per heavy atom. The fourth-order valence-electron chi connectivity index (χ4n) is 2.30. The van der Waals surface area contributed by atoms with E-state index in [4.69, 9.17) is 0 Å². The Balaban J connectivity index is 2.09. The molecule has 25 heavy (non-hydrogen) atoms. The predicted octanol–water partition coefficient (Wildman–Crippen LogP) is 3.06. The van der Waals surface area contributed by atoms with Crippen LogP contribution in [0.15, 0.2) is 54.9 Å². The van der Waals surface area contributed by atoms with Crippen molar-refractivity contribution in [1.82, 2.24) is 14.5 Å². The summed E-state index contributed by atoms with van der Waals surface area (Å²) < 4.78 is 62.0. The van der Waals surface area contributed by atoms with Gasteiger partial charge in [-0.3, -0.25) is 9.55 Å². The van der Waals surface area contributed by atoms with Crippen molar-refractivity contribution >= 4 is 10.7 Å². The summed E-state index contributed by atoms with van der Waals surface area (Å²) in [5, 5.41) is 0. The molecule has 9 heteroatoms. The second-order valence-corrected chi connectivity index (χ2v) is 6.17. The normalized spacial score (nSPS) is 11.8. The van der Waals surface area contributed by atoms with E-state index < -0.39 is 22.6 Å². The zero-order chi connectivity index (χ0) is 18.0. The monoisotopic (exact) mass is 367 g/mol. The quantitative estimate of drug-likeness (QED) is 0.720. The Bertz CT molecular complexity index is 941. The minimum atomic E-state index is -4.59. The smallest absolute Gasteiger partial charge is 0.298 e. The first-order valence-corrected chi connectivity index (χ1v) is 8.50. The van der Waals surface area contributed by atoms with Crippen molar-refractivity contribution in [3.05, 3.63) is 66.1 Å². The highest BCUT2D eigenvalue weighted by molar-refractivity contribution is 7.71. The van der Waals surface area contributed by atoms with Gasteiger partial charge in [-0.25, -0.2) is 13.4 Å². The summed E-state index contributed by atoms with van der Waals surface area (Å²) in [5.41, 5.74) is 0.244. The van der Waals surface area contributed by atoms with Gasteiger partial charge in [-0.2, -0.15) is 13.2 Å². The van der Waals surface area contributed by atoms with Crippen LogP contribution in [0.4, 0.5) is 13.2 Å². The van der Waals surface area contributed by atoms with Crippen LogP contribution in [0.5, 0.6) is 0 Å². The molecule has 0 radical (unpaired) electrons.